The molecule has 0 fully saturated rings. The van der Waals surface area contributed by atoms with Gasteiger partial charge in [0.05, 0.1) is 5.69 Å². The van der Waals surface area contributed by atoms with Crippen LogP contribution in [0.5, 0.6) is 0 Å². The highest BCUT2D eigenvalue weighted by atomic mass is 32.1. The average molecular weight is 295 g/mol. The molecule has 5 heteroatoms. The third kappa shape index (κ3) is 2.64. The van der Waals surface area contributed by atoms with Gasteiger partial charge in [-0.05, 0) is 29.6 Å². The van der Waals surface area contributed by atoms with Crippen LogP contribution < -0.4 is 11.1 Å². The van der Waals surface area contributed by atoms with Gasteiger partial charge in [0.25, 0.3) is 0 Å². The number of carbonyl (C=O) groups excluding carboxylic acids is 1. The van der Waals surface area contributed by atoms with Crippen LogP contribution in [0.4, 0.5) is 17.2 Å². The third-order valence-corrected chi connectivity index (χ3v) is 4.05. The summed E-state index contributed by atoms with van der Waals surface area (Å²) in [5, 5.41) is 5.14. The van der Waals surface area contributed by atoms with Crippen molar-refractivity contribution in [3.05, 3.63) is 59.6 Å². The highest BCUT2D eigenvalue weighted by Crippen LogP contribution is 2.35. The summed E-state index contributed by atoms with van der Waals surface area (Å²) in [6.07, 6.45) is 2.56. The molecule has 0 saturated carbocycles. The lowest BCUT2D eigenvalue weighted by Gasteiger charge is -2.12. The van der Waals surface area contributed by atoms with Gasteiger partial charge in [0.2, 0.25) is 0 Å². The number of aldehydes is 1. The summed E-state index contributed by atoms with van der Waals surface area (Å²) in [6, 6.07) is 13.2. The van der Waals surface area contributed by atoms with Gasteiger partial charge in [0.1, 0.15) is 0 Å². The Bertz CT molecular complexity index is 782. The van der Waals surface area contributed by atoms with Gasteiger partial charge in [-0.3, -0.25) is 4.79 Å². The zero-order chi connectivity index (χ0) is 14.7. The summed E-state index contributed by atoms with van der Waals surface area (Å²) in [6.45, 7) is 0. The molecule has 0 spiro atoms. The SMILES string of the molecule is Nc1cccnc1Nc1ccccc1-c1sccc1C=O. The largest absolute Gasteiger partial charge is 0.396 e. The number of rotatable bonds is 4. The van der Waals surface area contributed by atoms with E-state index in [0.29, 0.717) is 17.1 Å². The lowest BCUT2D eigenvalue weighted by Crippen LogP contribution is -1.99. The Balaban J connectivity index is 2.05. The molecule has 21 heavy (non-hydrogen) atoms. The summed E-state index contributed by atoms with van der Waals surface area (Å²) in [5.41, 5.74) is 9.00. The number of thiophene rings is 1. The molecule has 0 radical (unpaired) electrons. The van der Waals surface area contributed by atoms with Gasteiger partial charge in [0.15, 0.2) is 12.1 Å². The molecule has 2 heterocycles. The molecule has 3 rings (SSSR count). The maximum Gasteiger partial charge on any atom is 0.153 e. The van der Waals surface area contributed by atoms with Crippen LogP contribution >= 0.6 is 11.3 Å². The van der Waals surface area contributed by atoms with E-state index in [-0.39, 0.29) is 0 Å². The van der Waals surface area contributed by atoms with Crippen molar-refractivity contribution in [3.8, 4) is 10.4 Å². The molecule has 0 atom stereocenters. The Morgan fingerprint density at radius 3 is 2.81 bits per heavy atom. The summed E-state index contributed by atoms with van der Waals surface area (Å²) in [5.74, 6) is 0.606. The van der Waals surface area contributed by atoms with Crippen molar-refractivity contribution >= 4 is 34.8 Å². The van der Waals surface area contributed by atoms with E-state index < -0.39 is 0 Å². The first-order chi connectivity index (χ1) is 10.3. The van der Waals surface area contributed by atoms with Crippen molar-refractivity contribution in [2.24, 2.45) is 0 Å². The first-order valence-electron chi connectivity index (χ1n) is 6.39. The van der Waals surface area contributed by atoms with Gasteiger partial charge < -0.3 is 11.1 Å². The normalized spacial score (nSPS) is 10.3. The number of anilines is 3. The molecule has 104 valence electrons. The second-order valence-electron chi connectivity index (χ2n) is 4.43. The summed E-state index contributed by atoms with van der Waals surface area (Å²) in [4.78, 5) is 16.3. The molecule has 3 aromatic rings. The number of nitrogens with two attached hydrogens (primary N) is 1. The van der Waals surface area contributed by atoms with Gasteiger partial charge in [-0.1, -0.05) is 18.2 Å². The standard InChI is InChI=1S/C16H13N3OS/c17-13-5-3-8-18-16(13)19-14-6-2-1-4-12(14)15-11(10-20)7-9-21-15/h1-10H,17H2,(H,18,19). The van der Waals surface area contributed by atoms with Crippen molar-refractivity contribution < 1.29 is 4.79 Å². The van der Waals surface area contributed by atoms with Crippen LogP contribution in [-0.2, 0) is 0 Å². The highest BCUT2D eigenvalue weighted by molar-refractivity contribution is 7.14. The predicted octanol–water partition coefficient (Wildman–Crippen LogP) is 3.95. The number of hydrogen-bond donors (Lipinski definition) is 2. The molecule has 1 aromatic carbocycles. The maximum atomic E-state index is 11.1. The van der Waals surface area contributed by atoms with E-state index in [2.05, 4.69) is 10.3 Å². The topological polar surface area (TPSA) is 68.0 Å². The number of para-hydroxylation sites is 1. The number of benzene rings is 1. The molecule has 0 unspecified atom stereocenters. The Labute approximate surface area is 126 Å². The van der Waals surface area contributed by atoms with Crippen LogP contribution in [0.3, 0.4) is 0 Å². The monoisotopic (exact) mass is 295 g/mol. The number of aromatic nitrogens is 1. The fraction of sp³-hybridized carbons (Fsp3) is 0. The minimum absolute atomic E-state index is 0.578. The van der Waals surface area contributed by atoms with E-state index in [1.54, 1.807) is 18.3 Å². The fourth-order valence-corrected chi connectivity index (χ4v) is 2.98. The zero-order valence-corrected chi connectivity index (χ0v) is 11.9. The van der Waals surface area contributed by atoms with Crippen molar-refractivity contribution in [3.63, 3.8) is 0 Å². The number of nitrogens with zero attached hydrogens (tertiary/aromatic N) is 1. The molecule has 0 aliphatic carbocycles. The molecular formula is C16H13N3OS. The zero-order valence-electron chi connectivity index (χ0n) is 11.1. The summed E-state index contributed by atoms with van der Waals surface area (Å²) in [7, 11) is 0. The van der Waals surface area contributed by atoms with Gasteiger partial charge in [-0.15, -0.1) is 11.3 Å². The first kappa shape index (κ1) is 13.3. The van der Waals surface area contributed by atoms with Gasteiger partial charge in [-0.2, -0.15) is 0 Å². The number of pyridine rings is 1. The lowest BCUT2D eigenvalue weighted by atomic mass is 10.1. The van der Waals surface area contributed by atoms with Crippen molar-refractivity contribution in [1.82, 2.24) is 4.98 Å². The van der Waals surface area contributed by atoms with Crippen LogP contribution in [0.25, 0.3) is 10.4 Å². The van der Waals surface area contributed by atoms with E-state index >= 15 is 0 Å². The van der Waals surface area contributed by atoms with Gasteiger partial charge >= 0.3 is 0 Å². The van der Waals surface area contributed by atoms with Gasteiger partial charge in [-0.25, -0.2) is 4.98 Å². The quantitative estimate of drug-likeness (QED) is 0.715. The van der Waals surface area contributed by atoms with Crippen LogP contribution in [0.1, 0.15) is 10.4 Å². The molecular weight excluding hydrogens is 282 g/mol. The third-order valence-electron chi connectivity index (χ3n) is 3.09. The van der Waals surface area contributed by atoms with E-state index in [0.717, 1.165) is 22.4 Å². The number of nitrogen functional groups attached to an aromatic ring is 1. The van der Waals surface area contributed by atoms with E-state index in [9.17, 15) is 4.79 Å². The molecule has 3 N–H and O–H groups in total. The smallest absolute Gasteiger partial charge is 0.153 e. The first-order valence-corrected chi connectivity index (χ1v) is 7.27. The Kier molecular flexibility index (Phi) is 3.66. The number of nitrogens with one attached hydrogen (secondary N) is 1. The van der Waals surface area contributed by atoms with Crippen molar-refractivity contribution in [2.45, 2.75) is 0 Å². The van der Waals surface area contributed by atoms with Gasteiger partial charge in [0, 0.05) is 27.9 Å². The molecule has 0 aliphatic rings. The van der Waals surface area contributed by atoms with Crippen LogP contribution in [0.15, 0.2) is 54.0 Å². The predicted molar refractivity (Wildman–Crippen MR) is 87.1 cm³/mol. The lowest BCUT2D eigenvalue weighted by molar-refractivity contribution is 0.112. The Morgan fingerprint density at radius 1 is 1.14 bits per heavy atom. The van der Waals surface area contributed by atoms with Crippen LogP contribution in [0, 0.1) is 0 Å². The molecule has 0 saturated heterocycles. The second kappa shape index (κ2) is 5.76. The Morgan fingerprint density at radius 2 is 2.00 bits per heavy atom. The van der Waals surface area contributed by atoms with Crippen LogP contribution in [0.2, 0.25) is 0 Å². The molecule has 2 aromatic heterocycles. The molecule has 0 amide bonds. The number of hydrogen-bond acceptors (Lipinski definition) is 5. The summed E-state index contributed by atoms with van der Waals surface area (Å²) < 4.78 is 0. The average Bonchev–Trinajstić information content (AvgIpc) is 2.98. The molecule has 4 nitrogen and oxygen atoms in total. The van der Waals surface area contributed by atoms with E-state index in [4.69, 9.17) is 5.73 Å². The van der Waals surface area contributed by atoms with Crippen molar-refractivity contribution in [1.29, 1.82) is 0 Å². The number of carbonyl (C=O) groups is 1. The summed E-state index contributed by atoms with van der Waals surface area (Å²) >= 11 is 1.53. The van der Waals surface area contributed by atoms with Crippen LogP contribution in [-0.4, -0.2) is 11.3 Å². The second-order valence-corrected chi connectivity index (χ2v) is 5.35. The Hall–Kier alpha value is -2.66. The minimum atomic E-state index is 0.578. The minimum Gasteiger partial charge on any atom is -0.396 e. The highest BCUT2D eigenvalue weighted by Gasteiger charge is 2.11. The fourth-order valence-electron chi connectivity index (χ4n) is 2.07. The van der Waals surface area contributed by atoms with E-state index in [1.165, 1.54) is 11.3 Å². The van der Waals surface area contributed by atoms with Crippen molar-refractivity contribution in [2.75, 3.05) is 11.1 Å². The molecule has 0 bridgehead atoms. The van der Waals surface area contributed by atoms with E-state index in [1.807, 2.05) is 35.7 Å². The molecule has 0 aliphatic heterocycles. The maximum absolute atomic E-state index is 11.1.